The molecule has 6 N–H and O–H groups in total. The van der Waals surface area contributed by atoms with Crippen molar-refractivity contribution in [3.63, 3.8) is 0 Å². The van der Waals surface area contributed by atoms with Crippen molar-refractivity contribution in [2.75, 3.05) is 12.4 Å². The quantitative estimate of drug-likeness (QED) is 0.203. The third-order valence-corrected chi connectivity index (χ3v) is 6.17. The second kappa shape index (κ2) is 12.8. The number of hydrogen-bond acceptors (Lipinski definition) is 5. The molecule has 0 saturated carbocycles. The summed E-state index contributed by atoms with van der Waals surface area (Å²) in [6, 6.07) is 23.8. The van der Waals surface area contributed by atoms with Crippen LogP contribution < -0.4 is 21.7 Å². The monoisotopic (exact) mass is 532 g/mol. The van der Waals surface area contributed by atoms with Crippen LogP contribution in [-0.4, -0.2) is 29.2 Å². The molecule has 3 aromatic carbocycles. The number of anilines is 1. The lowest BCUT2D eigenvalue weighted by Gasteiger charge is -2.18. The number of ether oxygens (including phenoxy) is 1. The largest absolute Gasteiger partial charge is 0.453 e. The van der Waals surface area contributed by atoms with E-state index in [0.717, 1.165) is 22.3 Å². The minimum absolute atomic E-state index is 0.332. The lowest BCUT2D eigenvalue weighted by molar-refractivity contribution is 0.187. The molecule has 4 rings (SSSR count). The number of rotatable bonds is 9. The van der Waals surface area contributed by atoms with Gasteiger partial charge in [-0.2, -0.15) is 0 Å². The van der Waals surface area contributed by atoms with Gasteiger partial charge in [0.05, 0.1) is 13.2 Å². The predicted octanol–water partition coefficient (Wildman–Crippen LogP) is 5.15. The Morgan fingerprint density at radius 3 is 2.32 bits per heavy atom. The summed E-state index contributed by atoms with van der Waals surface area (Å²) in [4.78, 5) is 32.1. The second-order valence-corrected chi connectivity index (χ2v) is 8.95. The van der Waals surface area contributed by atoms with Crippen molar-refractivity contribution < 1.29 is 14.3 Å². The number of benzene rings is 3. The summed E-state index contributed by atoms with van der Waals surface area (Å²) in [5.74, 6) is 0.521. The highest BCUT2D eigenvalue weighted by Crippen LogP contribution is 2.29. The SMILES string of the molecule is COC(=O)Nc1ccc(-c2nc([C@H](Cc3ccccc3)NC(=O)NCc3ccc(CN)cc3)[nH]c2Cl)cc1. The standard InChI is InChI=1S/C28H29ClN6O3/c1-38-28(37)32-22-13-11-21(12-14-22)24-25(29)35-26(34-24)23(15-18-5-3-2-4-6-18)33-27(36)31-17-20-9-7-19(16-30)8-10-20/h2-14,23H,15-17,30H2,1H3,(H,32,37)(H,34,35)(H2,31,33,36)/t23-/m0/s1. The van der Waals surface area contributed by atoms with E-state index in [9.17, 15) is 9.59 Å². The molecular formula is C28H29ClN6O3. The van der Waals surface area contributed by atoms with Crippen LogP contribution in [0.1, 0.15) is 28.6 Å². The van der Waals surface area contributed by atoms with Gasteiger partial charge >= 0.3 is 12.1 Å². The number of urea groups is 1. The molecule has 0 bridgehead atoms. The summed E-state index contributed by atoms with van der Waals surface area (Å²) in [6.45, 7) is 0.836. The van der Waals surface area contributed by atoms with Gasteiger partial charge in [0.25, 0.3) is 0 Å². The summed E-state index contributed by atoms with van der Waals surface area (Å²) in [5.41, 5.74) is 10.5. The number of nitrogens with zero attached hydrogens (tertiary/aromatic N) is 1. The predicted molar refractivity (Wildman–Crippen MR) is 148 cm³/mol. The highest BCUT2D eigenvalue weighted by Gasteiger charge is 2.21. The molecule has 0 unspecified atom stereocenters. The van der Waals surface area contributed by atoms with E-state index in [4.69, 9.17) is 22.3 Å². The smallest absolute Gasteiger partial charge is 0.411 e. The van der Waals surface area contributed by atoms with E-state index < -0.39 is 12.1 Å². The number of carbonyl (C=O) groups excluding carboxylic acids is 2. The number of aromatic amines is 1. The van der Waals surface area contributed by atoms with Crippen molar-refractivity contribution in [2.45, 2.75) is 25.6 Å². The fourth-order valence-corrected chi connectivity index (χ4v) is 4.10. The molecule has 9 nitrogen and oxygen atoms in total. The zero-order valence-corrected chi connectivity index (χ0v) is 21.6. The maximum absolute atomic E-state index is 12.9. The van der Waals surface area contributed by atoms with Crippen molar-refractivity contribution in [1.82, 2.24) is 20.6 Å². The molecule has 0 aliphatic carbocycles. The van der Waals surface area contributed by atoms with E-state index in [1.165, 1.54) is 7.11 Å². The summed E-state index contributed by atoms with van der Waals surface area (Å²) >= 11 is 6.53. The zero-order valence-electron chi connectivity index (χ0n) is 20.8. The van der Waals surface area contributed by atoms with E-state index >= 15 is 0 Å². The summed E-state index contributed by atoms with van der Waals surface area (Å²) in [7, 11) is 1.30. The molecule has 1 aromatic heterocycles. The van der Waals surface area contributed by atoms with Gasteiger partial charge in [-0.05, 0) is 35.2 Å². The Morgan fingerprint density at radius 2 is 1.66 bits per heavy atom. The molecular weight excluding hydrogens is 504 g/mol. The molecule has 0 aliphatic heterocycles. The van der Waals surface area contributed by atoms with Crippen LogP contribution in [0.15, 0.2) is 78.9 Å². The van der Waals surface area contributed by atoms with Crippen LogP contribution in [0.3, 0.4) is 0 Å². The number of imidazole rings is 1. The highest BCUT2D eigenvalue weighted by atomic mass is 35.5. The van der Waals surface area contributed by atoms with Crippen molar-refractivity contribution in [1.29, 1.82) is 0 Å². The molecule has 1 atom stereocenters. The fraction of sp³-hybridized carbons (Fsp3) is 0.179. The lowest BCUT2D eigenvalue weighted by Crippen LogP contribution is -2.38. The van der Waals surface area contributed by atoms with E-state index in [0.29, 0.717) is 41.9 Å². The van der Waals surface area contributed by atoms with Gasteiger partial charge in [0.15, 0.2) is 0 Å². The topological polar surface area (TPSA) is 134 Å². The van der Waals surface area contributed by atoms with Gasteiger partial charge in [-0.15, -0.1) is 0 Å². The van der Waals surface area contributed by atoms with Crippen molar-refractivity contribution in [3.05, 3.63) is 107 Å². The first-order chi connectivity index (χ1) is 18.4. The number of methoxy groups -OCH3 is 1. The molecule has 3 amide bonds. The normalized spacial score (nSPS) is 11.4. The average molecular weight is 533 g/mol. The first kappa shape index (κ1) is 26.7. The lowest BCUT2D eigenvalue weighted by atomic mass is 10.1. The van der Waals surface area contributed by atoms with Gasteiger partial charge in [0, 0.05) is 24.3 Å². The molecule has 0 radical (unpaired) electrons. The number of aromatic nitrogens is 2. The number of amides is 3. The Bertz CT molecular complexity index is 1360. The van der Waals surface area contributed by atoms with Crippen LogP contribution in [0, 0.1) is 0 Å². The summed E-state index contributed by atoms with van der Waals surface area (Å²) < 4.78 is 4.62. The number of carbonyl (C=O) groups is 2. The third kappa shape index (κ3) is 7.12. The fourth-order valence-electron chi connectivity index (χ4n) is 3.86. The van der Waals surface area contributed by atoms with Crippen molar-refractivity contribution >= 4 is 29.4 Å². The average Bonchev–Trinajstić information content (AvgIpc) is 3.34. The number of H-pyrrole nitrogens is 1. The highest BCUT2D eigenvalue weighted by molar-refractivity contribution is 6.31. The molecule has 0 spiro atoms. The van der Waals surface area contributed by atoms with E-state index in [2.05, 4.69) is 25.7 Å². The molecule has 1 heterocycles. The molecule has 0 aliphatic rings. The van der Waals surface area contributed by atoms with Crippen molar-refractivity contribution in [3.8, 4) is 11.3 Å². The second-order valence-electron chi connectivity index (χ2n) is 8.57. The van der Waals surface area contributed by atoms with Crippen LogP contribution in [-0.2, 0) is 24.2 Å². The van der Waals surface area contributed by atoms with Gasteiger partial charge in [-0.3, -0.25) is 5.32 Å². The molecule has 10 heteroatoms. The number of hydrogen-bond donors (Lipinski definition) is 5. The summed E-state index contributed by atoms with van der Waals surface area (Å²) in [6.07, 6.45) is -0.0522. The Hall–Kier alpha value is -4.34. The number of nitrogens with two attached hydrogens (primary N) is 1. The number of halogens is 1. The summed E-state index contributed by atoms with van der Waals surface area (Å²) in [5, 5.41) is 8.87. The Morgan fingerprint density at radius 1 is 0.974 bits per heavy atom. The molecule has 4 aromatic rings. The van der Waals surface area contributed by atoms with Gasteiger partial charge in [0.2, 0.25) is 0 Å². The van der Waals surface area contributed by atoms with Crippen LogP contribution in [0.2, 0.25) is 5.15 Å². The van der Waals surface area contributed by atoms with Crippen LogP contribution in [0.5, 0.6) is 0 Å². The van der Waals surface area contributed by atoms with Crippen LogP contribution in [0.4, 0.5) is 15.3 Å². The maximum atomic E-state index is 12.9. The maximum Gasteiger partial charge on any atom is 0.411 e. The Labute approximate surface area is 225 Å². The molecule has 38 heavy (non-hydrogen) atoms. The van der Waals surface area contributed by atoms with Gasteiger partial charge < -0.3 is 26.1 Å². The number of nitrogens with one attached hydrogen (secondary N) is 4. The van der Waals surface area contributed by atoms with Gasteiger partial charge in [0.1, 0.15) is 16.7 Å². The van der Waals surface area contributed by atoms with E-state index in [1.807, 2.05) is 54.6 Å². The molecule has 0 saturated heterocycles. The van der Waals surface area contributed by atoms with Crippen LogP contribution >= 0.6 is 11.6 Å². The third-order valence-electron chi connectivity index (χ3n) is 5.90. The van der Waals surface area contributed by atoms with Gasteiger partial charge in [-0.25, -0.2) is 14.6 Å². The zero-order chi connectivity index (χ0) is 26.9. The Kier molecular flexibility index (Phi) is 8.97. The van der Waals surface area contributed by atoms with Crippen LogP contribution in [0.25, 0.3) is 11.3 Å². The molecule has 196 valence electrons. The van der Waals surface area contributed by atoms with Gasteiger partial charge in [-0.1, -0.05) is 78.3 Å². The van der Waals surface area contributed by atoms with E-state index in [1.54, 1.807) is 24.3 Å². The molecule has 0 fully saturated rings. The first-order valence-electron chi connectivity index (χ1n) is 12.0. The van der Waals surface area contributed by atoms with Crippen molar-refractivity contribution in [2.24, 2.45) is 5.73 Å². The first-order valence-corrected chi connectivity index (χ1v) is 12.4. The minimum Gasteiger partial charge on any atom is -0.453 e. The minimum atomic E-state index is -0.557. The van der Waals surface area contributed by atoms with E-state index in [-0.39, 0.29) is 6.03 Å². The Balaban J connectivity index is 1.50.